The van der Waals surface area contributed by atoms with E-state index in [2.05, 4.69) is 33.0 Å². The van der Waals surface area contributed by atoms with Crippen LogP contribution in [-0.4, -0.2) is 29.8 Å². The number of carbonyl (C=O) groups excluding carboxylic acids is 1. The van der Waals surface area contributed by atoms with Gasteiger partial charge in [0.2, 0.25) is 0 Å². The van der Waals surface area contributed by atoms with Gasteiger partial charge in [-0.2, -0.15) is 0 Å². The number of quaternary nitrogens is 1. The molecule has 0 radical (unpaired) electrons. The summed E-state index contributed by atoms with van der Waals surface area (Å²) in [4.78, 5) is 9.01. The van der Waals surface area contributed by atoms with Gasteiger partial charge in [0, 0.05) is 0 Å². The molecular weight excluding hydrogens is 158 g/mol. The first-order valence-corrected chi connectivity index (χ1v) is 4.05. The number of aliphatic carboxylic acids is 1. The number of carboxylic acids is 1. The molecule has 0 amide bonds. The van der Waals surface area contributed by atoms with E-state index >= 15 is 0 Å². The first kappa shape index (κ1) is 13.9. The van der Waals surface area contributed by atoms with E-state index in [1.807, 2.05) is 0 Å². The molecule has 0 spiro atoms. The van der Waals surface area contributed by atoms with Crippen molar-refractivity contribution in [1.82, 2.24) is 0 Å². The summed E-state index contributed by atoms with van der Waals surface area (Å²) in [6.45, 7) is 7.94. The number of nitrogens with two attached hydrogens (primary N) is 1. The minimum absolute atomic E-state index is 0.750. The van der Waals surface area contributed by atoms with Gasteiger partial charge < -0.3 is 20.3 Å². The number of aliphatic hydroxyl groups is 1. The van der Waals surface area contributed by atoms with Crippen molar-refractivity contribution in [2.75, 3.05) is 6.61 Å². The fourth-order valence-electron chi connectivity index (χ4n) is 0.770. The third kappa shape index (κ3) is 22.8. The molecule has 0 aliphatic carbocycles. The highest BCUT2D eigenvalue weighted by Gasteiger charge is 1.96. The molecule has 0 aromatic carbocycles. The lowest BCUT2D eigenvalue weighted by Gasteiger charge is -2.06. The van der Waals surface area contributed by atoms with Gasteiger partial charge in [0.05, 0.1) is 24.7 Å². The highest BCUT2D eigenvalue weighted by Crippen LogP contribution is 1.67. The van der Waals surface area contributed by atoms with Gasteiger partial charge in [-0.15, -0.1) is 0 Å². The van der Waals surface area contributed by atoms with Gasteiger partial charge in [0.1, 0.15) is 0 Å². The van der Waals surface area contributed by atoms with Crippen LogP contribution in [0.5, 0.6) is 0 Å². The van der Waals surface area contributed by atoms with Crippen LogP contribution in [0.3, 0.4) is 0 Å². The van der Waals surface area contributed by atoms with Crippen LogP contribution in [0.25, 0.3) is 0 Å². The number of carbonyl (C=O) groups is 1. The Morgan fingerprint density at radius 3 is 1.58 bits per heavy atom. The zero-order valence-electron chi connectivity index (χ0n) is 8.20. The average Bonchev–Trinajstić information content (AvgIpc) is 1.85. The number of hydrogen-bond donors (Lipinski definition) is 2. The van der Waals surface area contributed by atoms with Gasteiger partial charge >= 0.3 is 0 Å². The fraction of sp³-hybridized carbons (Fsp3) is 0.875. The van der Waals surface area contributed by atoms with Gasteiger partial charge in [-0.05, 0) is 27.7 Å². The van der Waals surface area contributed by atoms with E-state index in [9.17, 15) is 0 Å². The van der Waals surface area contributed by atoms with Crippen molar-refractivity contribution in [2.45, 2.75) is 39.8 Å². The number of hydrogen-bond acceptors (Lipinski definition) is 3. The maximum Gasteiger partial charge on any atom is 0.0826 e. The van der Waals surface area contributed by atoms with Crippen LogP contribution in [0.4, 0.5) is 0 Å². The third-order valence-electron chi connectivity index (χ3n) is 0.899. The van der Waals surface area contributed by atoms with Crippen molar-refractivity contribution in [3.63, 3.8) is 0 Å². The van der Waals surface area contributed by atoms with Crippen LogP contribution in [0.1, 0.15) is 27.7 Å². The van der Waals surface area contributed by atoms with Crippen molar-refractivity contribution in [1.29, 1.82) is 0 Å². The Kier molecular flexibility index (Phi) is 9.86. The molecule has 0 heterocycles. The summed E-state index contributed by atoms with van der Waals surface area (Å²) in [7, 11) is 0. The maximum absolute atomic E-state index is 9.01. The molecule has 4 heteroatoms. The van der Waals surface area contributed by atoms with E-state index in [0.29, 0.717) is 0 Å². The summed E-state index contributed by atoms with van der Waals surface area (Å²) in [6, 6.07) is 1.50. The van der Waals surface area contributed by atoms with Gasteiger partial charge in [-0.3, -0.25) is 0 Å². The molecule has 0 aliphatic rings. The Hall–Kier alpha value is -0.610. The van der Waals surface area contributed by atoms with Gasteiger partial charge in [-0.25, -0.2) is 0 Å². The SMILES string of the molecule is CC(C)[NH2+]C(C)C.O=C([O-])CO. The number of rotatable bonds is 3. The van der Waals surface area contributed by atoms with Crippen molar-refractivity contribution < 1.29 is 20.3 Å². The summed E-state index contributed by atoms with van der Waals surface area (Å²) in [5.74, 6) is -1.44. The molecule has 0 saturated carbocycles. The number of aliphatic hydroxyl groups excluding tert-OH is 1. The van der Waals surface area contributed by atoms with Crippen LogP contribution >= 0.6 is 0 Å². The summed E-state index contributed by atoms with van der Waals surface area (Å²) < 4.78 is 0. The van der Waals surface area contributed by atoms with Crippen LogP contribution in [0.15, 0.2) is 0 Å². The molecule has 4 nitrogen and oxygen atoms in total. The number of carboxylic acid groups (broad SMARTS) is 1. The predicted octanol–water partition coefficient (Wildman–Crippen LogP) is -1.90. The van der Waals surface area contributed by atoms with Crippen molar-refractivity contribution in [3.8, 4) is 0 Å². The monoisotopic (exact) mass is 177 g/mol. The summed E-state index contributed by atoms with van der Waals surface area (Å²) in [5.41, 5.74) is 0. The lowest BCUT2D eigenvalue weighted by molar-refractivity contribution is -0.709. The predicted molar refractivity (Wildman–Crippen MR) is 44.3 cm³/mol. The lowest BCUT2D eigenvalue weighted by Crippen LogP contribution is -2.92. The normalized spacial score (nSPS) is 9.58. The van der Waals surface area contributed by atoms with Gasteiger partial charge in [0.15, 0.2) is 0 Å². The van der Waals surface area contributed by atoms with Crippen molar-refractivity contribution in [3.05, 3.63) is 0 Å². The van der Waals surface area contributed by atoms with Gasteiger partial charge in [0.25, 0.3) is 0 Å². The quantitative estimate of drug-likeness (QED) is 0.528. The molecule has 0 aromatic heterocycles. The lowest BCUT2D eigenvalue weighted by atomic mass is 10.3. The minimum atomic E-state index is -1.44. The van der Waals surface area contributed by atoms with Crippen LogP contribution in [0, 0.1) is 0 Å². The minimum Gasteiger partial charge on any atom is -0.548 e. The van der Waals surface area contributed by atoms with E-state index in [1.165, 1.54) is 0 Å². The Bertz CT molecular complexity index is 107. The molecule has 0 aliphatic heterocycles. The molecule has 0 saturated heterocycles. The molecule has 0 atom stereocenters. The van der Waals surface area contributed by atoms with E-state index in [4.69, 9.17) is 15.0 Å². The molecule has 3 N–H and O–H groups in total. The standard InChI is InChI=1S/C6H15N.C2H4O3/c1-5(2)7-6(3)4;3-1-2(4)5/h5-7H,1-4H3;3H,1H2,(H,4,5). The molecule has 0 fully saturated rings. The first-order valence-electron chi connectivity index (χ1n) is 4.05. The van der Waals surface area contributed by atoms with Crippen LogP contribution in [0.2, 0.25) is 0 Å². The highest BCUT2D eigenvalue weighted by molar-refractivity contribution is 5.65. The molecule has 0 unspecified atom stereocenters. The Balaban J connectivity index is 0. The maximum atomic E-state index is 9.01. The third-order valence-corrected chi connectivity index (χ3v) is 0.899. The molecule has 0 rings (SSSR count). The molecule has 0 aromatic rings. The van der Waals surface area contributed by atoms with Crippen molar-refractivity contribution >= 4 is 5.97 Å². The first-order chi connectivity index (χ1) is 5.40. The van der Waals surface area contributed by atoms with Gasteiger partial charge in [-0.1, -0.05) is 0 Å². The average molecular weight is 177 g/mol. The second-order valence-electron chi connectivity index (χ2n) is 3.21. The van der Waals surface area contributed by atoms with Crippen molar-refractivity contribution in [2.24, 2.45) is 0 Å². The zero-order chi connectivity index (χ0) is 10.1. The van der Waals surface area contributed by atoms with E-state index in [1.54, 1.807) is 0 Å². The fourth-order valence-corrected chi connectivity index (χ4v) is 0.770. The zero-order valence-corrected chi connectivity index (χ0v) is 8.20. The topological polar surface area (TPSA) is 77.0 Å². The van der Waals surface area contributed by atoms with Crippen LogP contribution < -0.4 is 10.4 Å². The summed E-state index contributed by atoms with van der Waals surface area (Å²) in [5, 5.41) is 18.8. The van der Waals surface area contributed by atoms with E-state index < -0.39 is 12.6 Å². The van der Waals surface area contributed by atoms with Crippen LogP contribution in [-0.2, 0) is 4.79 Å². The highest BCUT2D eigenvalue weighted by atomic mass is 16.4. The molecular formula is C8H19NO3. The Labute approximate surface area is 73.6 Å². The summed E-state index contributed by atoms with van der Waals surface area (Å²) in [6.07, 6.45) is 0. The molecule has 12 heavy (non-hydrogen) atoms. The molecule has 0 bridgehead atoms. The Morgan fingerprint density at radius 2 is 1.58 bits per heavy atom. The largest absolute Gasteiger partial charge is 0.548 e. The Morgan fingerprint density at radius 1 is 1.33 bits per heavy atom. The molecule has 74 valence electrons. The second-order valence-corrected chi connectivity index (χ2v) is 3.21. The van der Waals surface area contributed by atoms with E-state index in [-0.39, 0.29) is 0 Å². The second kappa shape index (κ2) is 8.49. The summed E-state index contributed by atoms with van der Waals surface area (Å²) >= 11 is 0. The smallest absolute Gasteiger partial charge is 0.0826 e. The van der Waals surface area contributed by atoms with E-state index in [0.717, 1.165) is 12.1 Å².